The maximum atomic E-state index is 3.96. The van der Waals surface area contributed by atoms with Gasteiger partial charge >= 0.3 is 0 Å². The smallest absolute Gasteiger partial charge is 0.0853 e. The van der Waals surface area contributed by atoms with Gasteiger partial charge < -0.3 is 10.6 Å². The molecule has 5 aromatic rings. The van der Waals surface area contributed by atoms with E-state index in [4.69, 9.17) is 0 Å². The molecule has 0 spiro atoms. The third-order valence-corrected chi connectivity index (χ3v) is 8.66. The van der Waals surface area contributed by atoms with Crippen LogP contribution in [0.1, 0.15) is 54.0 Å². The Balaban J connectivity index is 1.30. The molecule has 5 aromatic carbocycles. The molecule has 1 atom stereocenters. The Bertz CT molecular complexity index is 1740. The van der Waals surface area contributed by atoms with Gasteiger partial charge in [-0.3, -0.25) is 0 Å². The van der Waals surface area contributed by atoms with Crippen LogP contribution in [0.5, 0.6) is 0 Å². The van der Waals surface area contributed by atoms with Crippen LogP contribution in [0.4, 0.5) is 17.1 Å². The summed E-state index contributed by atoms with van der Waals surface area (Å²) in [5, 5.41) is 7.47. The quantitative estimate of drug-likeness (QED) is 0.173. The molecule has 0 bridgehead atoms. The summed E-state index contributed by atoms with van der Waals surface area (Å²) in [5.41, 5.74) is 13.1. The second kappa shape index (κ2) is 13.2. The zero-order valence-electron chi connectivity index (χ0n) is 26.1. The summed E-state index contributed by atoms with van der Waals surface area (Å²) in [6.07, 6.45) is 11.5. The number of benzene rings is 5. The molecule has 6 rings (SSSR count). The van der Waals surface area contributed by atoms with Crippen molar-refractivity contribution in [3.63, 3.8) is 0 Å². The average Bonchev–Trinajstić information content (AvgIpc) is 3.07. The maximum absolute atomic E-state index is 3.96. The van der Waals surface area contributed by atoms with Crippen LogP contribution in [0.3, 0.4) is 0 Å². The van der Waals surface area contributed by atoms with Gasteiger partial charge in [0.05, 0.1) is 5.54 Å². The zero-order valence-corrected chi connectivity index (χ0v) is 26.1. The fraction of sp³-hybridized carbons (Fsp3) is 0.190. The third kappa shape index (κ3) is 6.71. The number of aryl methyl sites for hydroxylation is 3. The first-order valence-electron chi connectivity index (χ1n) is 15.9. The van der Waals surface area contributed by atoms with E-state index in [1.54, 1.807) is 0 Å². The Morgan fingerprint density at radius 3 is 1.84 bits per heavy atom. The normalized spacial score (nSPS) is 15.9. The number of nitrogens with one attached hydrogen (secondary N) is 2. The molecule has 0 aromatic heterocycles. The van der Waals surface area contributed by atoms with Crippen molar-refractivity contribution < 1.29 is 0 Å². The minimum atomic E-state index is -0.386. The topological polar surface area (TPSA) is 24.1 Å². The first kappa shape index (κ1) is 29.3. The number of allylic oxidation sites excluding steroid dienone is 2. The standard InChI is InChI=1S/C42H42N2/c1-4-5-8-33-15-17-36(18-16-33)40-9-6-7-10-41(40)42(44-39-23-13-32(3)14-24-39)29-27-35(28-30-42)34-19-25-38(26-20-34)43-37-21-11-31(2)12-22-37/h6-7,9-29,43-44H,4-5,8,30H2,1-3H3. The lowest BCUT2D eigenvalue weighted by molar-refractivity contribution is 0.621. The minimum Gasteiger partial charge on any atom is -0.372 e. The Hall–Kier alpha value is -4.82. The number of hydrogen-bond acceptors (Lipinski definition) is 2. The summed E-state index contributed by atoms with van der Waals surface area (Å²) >= 11 is 0. The third-order valence-electron chi connectivity index (χ3n) is 8.66. The van der Waals surface area contributed by atoms with Gasteiger partial charge in [-0.1, -0.05) is 128 Å². The van der Waals surface area contributed by atoms with Crippen LogP contribution in [-0.2, 0) is 12.0 Å². The fourth-order valence-electron chi connectivity index (χ4n) is 6.01. The van der Waals surface area contributed by atoms with E-state index in [2.05, 4.69) is 171 Å². The van der Waals surface area contributed by atoms with Gasteiger partial charge in [-0.15, -0.1) is 0 Å². The van der Waals surface area contributed by atoms with Gasteiger partial charge in [0.15, 0.2) is 0 Å². The summed E-state index contributed by atoms with van der Waals surface area (Å²) in [4.78, 5) is 0. The number of anilines is 3. The van der Waals surface area contributed by atoms with E-state index in [9.17, 15) is 0 Å². The highest BCUT2D eigenvalue weighted by Gasteiger charge is 2.33. The van der Waals surface area contributed by atoms with Gasteiger partial charge in [0.25, 0.3) is 0 Å². The molecule has 0 heterocycles. The van der Waals surface area contributed by atoms with Crippen molar-refractivity contribution in [3.8, 4) is 11.1 Å². The molecule has 0 aliphatic heterocycles. The van der Waals surface area contributed by atoms with Gasteiger partial charge in [-0.25, -0.2) is 0 Å². The van der Waals surface area contributed by atoms with E-state index in [0.717, 1.165) is 29.9 Å². The van der Waals surface area contributed by atoms with Gasteiger partial charge in [0.1, 0.15) is 0 Å². The molecule has 1 aliphatic rings. The molecular weight excluding hydrogens is 532 g/mol. The van der Waals surface area contributed by atoms with Gasteiger partial charge in [0.2, 0.25) is 0 Å². The molecule has 2 N–H and O–H groups in total. The van der Waals surface area contributed by atoms with Crippen LogP contribution in [0, 0.1) is 13.8 Å². The lowest BCUT2D eigenvalue weighted by Crippen LogP contribution is -2.34. The van der Waals surface area contributed by atoms with Crippen LogP contribution >= 0.6 is 0 Å². The van der Waals surface area contributed by atoms with Crippen molar-refractivity contribution in [2.45, 2.75) is 52.0 Å². The van der Waals surface area contributed by atoms with Crippen LogP contribution in [0.2, 0.25) is 0 Å². The second-order valence-electron chi connectivity index (χ2n) is 12.1. The SMILES string of the molecule is CCCCc1ccc(-c2ccccc2C2(Nc3ccc(C)cc3)C=CC(c3ccc(Nc4ccc(C)cc4)cc3)=CC2)cc1. The van der Waals surface area contributed by atoms with Crippen molar-refractivity contribution in [3.05, 3.63) is 167 Å². The van der Waals surface area contributed by atoms with Gasteiger partial charge in [0, 0.05) is 17.1 Å². The van der Waals surface area contributed by atoms with Crippen LogP contribution in [-0.4, -0.2) is 0 Å². The molecule has 1 aliphatic carbocycles. The summed E-state index contributed by atoms with van der Waals surface area (Å²) < 4.78 is 0. The molecule has 0 radical (unpaired) electrons. The average molecular weight is 575 g/mol. The lowest BCUT2D eigenvalue weighted by atomic mass is 9.77. The van der Waals surface area contributed by atoms with E-state index in [1.807, 2.05) is 0 Å². The van der Waals surface area contributed by atoms with E-state index in [0.29, 0.717) is 0 Å². The predicted octanol–water partition coefficient (Wildman–Crippen LogP) is 11.4. The van der Waals surface area contributed by atoms with Gasteiger partial charge in [-0.05, 0) is 103 Å². The maximum Gasteiger partial charge on any atom is 0.0853 e. The predicted molar refractivity (Wildman–Crippen MR) is 190 cm³/mol. The number of unbranched alkanes of at least 4 members (excludes halogenated alkanes) is 1. The molecule has 220 valence electrons. The van der Waals surface area contributed by atoms with Crippen molar-refractivity contribution >= 4 is 22.6 Å². The molecule has 0 fully saturated rings. The van der Waals surface area contributed by atoms with E-state index >= 15 is 0 Å². The lowest BCUT2D eigenvalue weighted by Gasteiger charge is -2.37. The molecule has 0 saturated carbocycles. The summed E-state index contributed by atoms with van der Waals surface area (Å²) in [7, 11) is 0. The fourth-order valence-corrected chi connectivity index (χ4v) is 6.01. The summed E-state index contributed by atoms with van der Waals surface area (Å²) in [6.45, 7) is 6.50. The largest absolute Gasteiger partial charge is 0.372 e. The first-order chi connectivity index (χ1) is 21.5. The second-order valence-corrected chi connectivity index (χ2v) is 12.1. The molecule has 44 heavy (non-hydrogen) atoms. The Morgan fingerprint density at radius 2 is 1.23 bits per heavy atom. The highest BCUT2D eigenvalue weighted by atomic mass is 15.0. The van der Waals surface area contributed by atoms with Gasteiger partial charge in [-0.2, -0.15) is 0 Å². The molecule has 0 saturated heterocycles. The van der Waals surface area contributed by atoms with Crippen LogP contribution in [0.25, 0.3) is 16.7 Å². The van der Waals surface area contributed by atoms with Crippen molar-refractivity contribution in [2.75, 3.05) is 10.6 Å². The van der Waals surface area contributed by atoms with E-state index in [1.165, 1.54) is 57.4 Å². The highest BCUT2D eigenvalue weighted by molar-refractivity contribution is 5.79. The monoisotopic (exact) mass is 574 g/mol. The van der Waals surface area contributed by atoms with Crippen LogP contribution < -0.4 is 10.6 Å². The Labute approximate surface area is 263 Å². The minimum absolute atomic E-state index is 0.386. The molecule has 1 unspecified atom stereocenters. The summed E-state index contributed by atoms with van der Waals surface area (Å²) in [5.74, 6) is 0. The van der Waals surface area contributed by atoms with Crippen molar-refractivity contribution in [1.82, 2.24) is 0 Å². The molecular formula is C42H42N2. The van der Waals surface area contributed by atoms with E-state index < -0.39 is 0 Å². The summed E-state index contributed by atoms with van der Waals surface area (Å²) in [6, 6.07) is 44.0. The van der Waals surface area contributed by atoms with Crippen LogP contribution in [0.15, 0.2) is 140 Å². The van der Waals surface area contributed by atoms with E-state index in [-0.39, 0.29) is 5.54 Å². The Kier molecular flexibility index (Phi) is 8.79. The number of hydrogen-bond donors (Lipinski definition) is 2. The van der Waals surface area contributed by atoms with Crippen molar-refractivity contribution in [2.24, 2.45) is 0 Å². The first-order valence-corrected chi connectivity index (χ1v) is 15.9. The number of rotatable bonds is 10. The Morgan fingerprint density at radius 1 is 0.636 bits per heavy atom. The molecule has 2 heteroatoms. The molecule has 0 amide bonds. The zero-order chi connectivity index (χ0) is 30.4. The van der Waals surface area contributed by atoms with Crippen molar-refractivity contribution in [1.29, 1.82) is 0 Å². The molecule has 2 nitrogen and oxygen atoms in total. The highest BCUT2D eigenvalue weighted by Crippen LogP contribution is 2.42.